The van der Waals surface area contributed by atoms with Crippen LogP contribution in [0.3, 0.4) is 0 Å². The Kier molecular flexibility index (Phi) is 4.95. The maximum absolute atomic E-state index is 11.7. The van der Waals surface area contributed by atoms with Gasteiger partial charge in [0.05, 0.1) is 13.7 Å². The van der Waals surface area contributed by atoms with Crippen LogP contribution in [0.2, 0.25) is 0 Å². The summed E-state index contributed by atoms with van der Waals surface area (Å²) in [4.78, 5) is 23.4. The van der Waals surface area contributed by atoms with Gasteiger partial charge in [-0.15, -0.1) is 0 Å². The van der Waals surface area contributed by atoms with Gasteiger partial charge in [-0.1, -0.05) is 6.07 Å². The molecular weight excluding hydrogens is 260 g/mol. The van der Waals surface area contributed by atoms with E-state index in [4.69, 9.17) is 9.47 Å². The molecule has 1 atom stereocenters. The minimum atomic E-state index is -0.417. The van der Waals surface area contributed by atoms with Gasteiger partial charge in [-0.05, 0) is 25.0 Å². The van der Waals surface area contributed by atoms with Crippen LogP contribution in [0.4, 0.5) is 5.69 Å². The first-order valence-corrected chi connectivity index (χ1v) is 6.52. The van der Waals surface area contributed by atoms with Gasteiger partial charge in [0.15, 0.2) is 0 Å². The number of nitrogens with one attached hydrogen (secondary N) is 2. The van der Waals surface area contributed by atoms with Crippen LogP contribution in [-0.2, 0) is 14.3 Å². The molecule has 6 nitrogen and oxygen atoms in total. The number of ether oxygens (including phenoxy) is 2. The largest absolute Gasteiger partial charge is 0.497 e. The lowest BCUT2D eigenvalue weighted by molar-refractivity contribution is -0.131. The Bertz CT molecular complexity index is 484. The van der Waals surface area contributed by atoms with Crippen molar-refractivity contribution in [2.45, 2.75) is 18.9 Å². The van der Waals surface area contributed by atoms with Crippen molar-refractivity contribution in [3.8, 4) is 5.75 Å². The second kappa shape index (κ2) is 6.91. The molecule has 1 fully saturated rings. The average molecular weight is 278 g/mol. The minimum Gasteiger partial charge on any atom is -0.497 e. The molecule has 0 spiro atoms. The molecule has 0 radical (unpaired) electrons. The van der Waals surface area contributed by atoms with Gasteiger partial charge in [-0.3, -0.25) is 9.59 Å². The molecule has 1 unspecified atom stereocenters. The van der Waals surface area contributed by atoms with E-state index in [1.54, 1.807) is 31.4 Å². The quantitative estimate of drug-likeness (QED) is 0.840. The van der Waals surface area contributed by atoms with Gasteiger partial charge in [0.1, 0.15) is 11.9 Å². The SMILES string of the molecule is COc1cccc(NC(=O)CNC(=O)C2CCCO2)c1. The lowest BCUT2D eigenvalue weighted by atomic mass is 10.2. The van der Waals surface area contributed by atoms with E-state index in [2.05, 4.69) is 10.6 Å². The Morgan fingerprint density at radius 3 is 3.00 bits per heavy atom. The molecule has 1 aromatic carbocycles. The molecule has 1 heterocycles. The van der Waals surface area contributed by atoms with Gasteiger partial charge in [0.2, 0.25) is 11.8 Å². The molecule has 6 heteroatoms. The Morgan fingerprint density at radius 1 is 1.45 bits per heavy atom. The van der Waals surface area contributed by atoms with E-state index >= 15 is 0 Å². The molecule has 2 N–H and O–H groups in total. The summed E-state index contributed by atoms with van der Waals surface area (Å²) in [6, 6.07) is 7.02. The summed E-state index contributed by atoms with van der Waals surface area (Å²) in [6.45, 7) is 0.532. The number of amides is 2. The van der Waals surface area contributed by atoms with Crippen LogP contribution in [0.25, 0.3) is 0 Å². The van der Waals surface area contributed by atoms with Gasteiger partial charge in [-0.25, -0.2) is 0 Å². The Hall–Kier alpha value is -2.08. The zero-order valence-corrected chi connectivity index (χ0v) is 11.3. The van der Waals surface area contributed by atoms with Gasteiger partial charge in [0.25, 0.3) is 0 Å². The maximum Gasteiger partial charge on any atom is 0.249 e. The molecule has 2 rings (SSSR count). The standard InChI is InChI=1S/C14H18N2O4/c1-19-11-5-2-4-10(8-11)16-13(17)9-15-14(18)12-6-3-7-20-12/h2,4-5,8,12H,3,6-7,9H2,1H3,(H,15,18)(H,16,17). The van der Waals surface area contributed by atoms with E-state index < -0.39 is 6.10 Å². The molecule has 108 valence electrons. The monoisotopic (exact) mass is 278 g/mol. The molecule has 0 aliphatic carbocycles. The third kappa shape index (κ3) is 3.96. The molecule has 1 aliphatic heterocycles. The summed E-state index contributed by atoms with van der Waals surface area (Å²) >= 11 is 0. The molecule has 0 bridgehead atoms. The third-order valence-corrected chi connectivity index (χ3v) is 3.00. The van der Waals surface area contributed by atoms with Crippen molar-refractivity contribution >= 4 is 17.5 Å². The van der Waals surface area contributed by atoms with Crippen LogP contribution in [0, 0.1) is 0 Å². The second-order valence-electron chi connectivity index (χ2n) is 4.50. The summed E-state index contributed by atoms with van der Waals surface area (Å²) in [5, 5.41) is 5.25. The fourth-order valence-corrected chi connectivity index (χ4v) is 1.97. The van der Waals surface area contributed by atoms with Crippen LogP contribution in [0.5, 0.6) is 5.75 Å². The first kappa shape index (κ1) is 14.3. The number of hydrogen-bond acceptors (Lipinski definition) is 4. The maximum atomic E-state index is 11.7. The molecule has 1 saturated heterocycles. The zero-order chi connectivity index (χ0) is 14.4. The number of hydrogen-bond donors (Lipinski definition) is 2. The normalized spacial score (nSPS) is 17.6. The summed E-state index contributed by atoms with van der Waals surface area (Å²) in [5.41, 5.74) is 0.626. The molecule has 2 amide bonds. The van der Waals surface area contributed by atoms with E-state index in [-0.39, 0.29) is 18.4 Å². The molecule has 1 aliphatic rings. The predicted molar refractivity (Wildman–Crippen MR) is 73.6 cm³/mol. The highest BCUT2D eigenvalue weighted by molar-refractivity contribution is 5.95. The van der Waals surface area contributed by atoms with Crippen LogP contribution < -0.4 is 15.4 Å². The lowest BCUT2D eigenvalue weighted by Gasteiger charge is -2.11. The average Bonchev–Trinajstić information content (AvgIpc) is 2.99. The fourth-order valence-electron chi connectivity index (χ4n) is 1.97. The van der Waals surface area contributed by atoms with Crippen LogP contribution in [0.1, 0.15) is 12.8 Å². The fraction of sp³-hybridized carbons (Fsp3) is 0.429. The Balaban J connectivity index is 1.78. The molecule has 20 heavy (non-hydrogen) atoms. The van der Waals surface area contributed by atoms with E-state index in [0.29, 0.717) is 24.5 Å². The first-order chi connectivity index (χ1) is 9.69. The van der Waals surface area contributed by atoms with E-state index in [0.717, 1.165) is 6.42 Å². The smallest absolute Gasteiger partial charge is 0.249 e. The van der Waals surface area contributed by atoms with Crippen molar-refractivity contribution in [2.75, 3.05) is 25.6 Å². The summed E-state index contributed by atoms with van der Waals surface area (Å²) in [6.07, 6.45) is 1.18. The van der Waals surface area contributed by atoms with Crippen molar-refractivity contribution in [1.82, 2.24) is 5.32 Å². The van der Waals surface area contributed by atoms with E-state index in [1.165, 1.54) is 0 Å². The van der Waals surface area contributed by atoms with Crippen molar-refractivity contribution in [3.63, 3.8) is 0 Å². The number of carbonyl (C=O) groups excluding carboxylic acids is 2. The number of methoxy groups -OCH3 is 1. The number of anilines is 1. The van der Waals surface area contributed by atoms with E-state index in [1.807, 2.05) is 0 Å². The summed E-state index contributed by atoms with van der Waals surface area (Å²) in [7, 11) is 1.56. The summed E-state index contributed by atoms with van der Waals surface area (Å²) in [5.74, 6) is 0.138. The highest BCUT2D eigenvalue weighted by Crippen LogP contribution is 2.16. The highest BCUT2D eigenvalue weighted by atomic mass is 16.5. The topological polar surface area (TPSA) is 76.7 Å². The molecule has 0 saturated carbocycles. The Morgan fingerprint density at radius 2 is 2.30 bits per heavy atom. The highest BCUT2D eigenvalue weighted by Gasteiger charge is 2.23. The van der Waals surface area contributed by atoms with Gasteiger partial charge in [-0.2, -0.15) is 0 Å². The first-order valence-electron chi connectivity index (χ1n) is 6.52. The number of rotatable bonds is 5. The van der Waals surface area contributed by atoms with Crippen LogP contribution >= 0.6 is 0 Å². The van der Waals surface area contributed by atoms with Crippen molar-refractivity contribution in [1.29, 1.82) is 0 Å². The van der Waals surface area contributed by atoms with E-state index in [9.17, 15) is 9.59 Å². The molecular formula is C14H18N2O4. The minimum absolute atomic E-state index is 0.0735. The van der Waals surface area contributed by atoms with Crippen LogP contribution in [0.15, 0.2) is 24.3 Å². The summed E-state index contributed by atoms with van der Waals surface area (Å²) < 4.78 is 10.3. The van der Waals surface area contributed by atoms with Crippen molar-refractivity contribution < 1.29 is 19.1 Å². The van der Waals surface area contributed by atoms with Gasteiger partial charge in [0, 0.05) is 18.4 Å². The van der Waals surface area contributed by atoms with Gasteiger partial charge >= 0.3 is 0 Å². The second-order valence-corrected chi connectivity index (χ2v) is 4.50. The number of carbonyl (C=O) groups is 2. The molecule has 0 aromatic heterocycles. The number of benzene rings is 1. The Labute approximate surface area is 117 Å². The lowest BCUT2D eigenvalue weighted by Crippen LogP contribution is -2.39. The van der Waals surface area contributed by atoms with Crippen LogP contribution in [-0.4, -0.2) is 38.2 Å². The van der Waals surface area contributed by atoms with Gasteiger partial charge < -0.3 is 20.1 Å². The third-order valence-electron chi connectivity index (χ3n) is 3.00. The van der Waals surface area contributed by atoms with Crippen molar-refractivity contribution in [2.24, 2.45) is 0 Å². The zero-order valence-electron chi connectivity index (χ0n) is 11.3. The predicted octanol–water partition coefficient (Wildman–Crippen LogP) is 0.929. The van der Waals surface area contributed by atoms with Crippen molar-refractivity contribution in [3.05, 3.63) is 24.3 Å². The molecule has 1 aromatic rings.